The molecule has 164 valence electrons. The van der Waals surface area contributed by atoms with Crippen LogP contribution in [0.15, 0.2) is 12.1 Å². The van der Waals surface area contributed by atoms with E-state index in [4.69, 9.17) is 14.2 Å². The highest BCUT2D eigenvalue weighted by molar-refractivity contribution is 5.54. The SMILES string of the molecule is COc1cc(CN2CCN(Cc3c(C)c(C)c(C)c(C)c3C)C2)cc(OC)c1OC. The van der Waals surface area contributed by atoms with Crippen molar-refractivity contribution in [2.75, 3.05) is 41.1 Å². The highest BCUT2D eigenvalue weighted by Gasteiger charge is 2.23. The molecule has 5 heteroatoms. The molecule has 0 bridgehead atoms. The summed E-state index contributed by atoms with van der Waals surface area (Å²) in [5.41, 5.74) is 9.84. The lowest BCUT2D eigenvalue weighted by Crippen LogP contribution is -2.26. The molecule has 0 amide bonds. The van der Waals surface area contributed by atoms with Crippen molar-refractivity contribution in [1.82, 2.24) is 9.80 Å². The zero-order valence-electron chi connectivity index (χ0n) is 19.8. The van der Waals surface area contributed by atoms with Gasteiger partial charge in [0.2, 0.25) is 5.75 Å². The van der Waals surface area contributed by atoms with Crippen LogP contribution < -0.4 is 14.2 Å². The second kappa shape index (κ2) is 9.27. The van der Waals surface area contributed by atoms with Crippen LogP contribution in [0.1, 0.15) is 38.9 Å². The molecule has 2 aromatic carbocycles. The zero-order chi connectivity index (χ0) is 22.0. The van der Waals surface area contributed by atoms with Gasteiger partial charge in [0.1, 0.15) is 0 Å². The molecule has 0 unspecified atom stereocenters. The average Bonchev–Trinajstić information content (AvgIpc) is 3.19. The molecule has 0 aliphatic carbocycles. The number of hydrogen-bond donors (Lipinski definition) is 0. The summed E-state index contributed by atoms with van der Waals surface area (Å²) in [6.45, 7) is 16.2. The number of hydrogen-bond acceptors (Lipinski definition) is 5. The summed E-state index contributed by atoms with van der Waals surface area (Å²) in [5, 5.41) is 0. The fourth-order valence-corrected chi connectivity index (χ4v) is 4.49. The minimum absolute atomic E-state index is 0.642. The molecule has 0 N–H and O–H groups in total. The van der Waals surface area contributed by atoms with Crippen LogP contribution in [0.4, 0.5) is 0 Å². The van der Waals surface area contributed by atoms with Gasteiger partial charge in [-0.25, -0.2) is 0 Å². The third kappa shape index (κ3) is 4.28. The normalized spacial score (nSPS) is 14.9. The van der Waals surface area contributed by atoms with E-state index in [1.807, 2.05) is 12.1 Å². The van der Waals surface area contributed by atoms with E-state index in [1.165, 1.54) is 38.9 Å². The summed E-state index contributed by atoms with van der Waals surface area (Å²) in [7, 11) is 4.96. The Morgan fingerprint density at radius 2 is 1.13 bits per heavy atom. The molecule has 0 radical (unpaired) electrons. The number of benzene rings is 2. The molecule has 3 rings (SSSR count). The van der Waals surface area contributed by atoms with Crippen molar-refractivity contribution in [1.29, 1.82) is 0 Å². The first kappa shape index (κ1) is 22.4. The molecule has 1 saturated heterocycles. The highest BCUT2D eigenvalue weighted by Crippen LogP contribution is 2.38. The van der Waals surface area contributed by atoms with Crippen molar-refractivity contribution in [3.8, 4) is 17.2 Å². The Kier molecular flexibility index (Phi) is 6.94. The van der Waals surface area contributed by atoms with Crippen LogP contribution in [-0.4, -0.2) is 50.9 Å². The maximum absolute atomic E-state index is 5.51. The van der Waals surface area contributed by atoms with Gasteiger partial charge in [0.15, 0.2) is 11.5 Å². The van der Waals surface area contributed by atoms with E-state index in [0.29, 0.717) is 17.2 Å². The summed E-state index contributed by atoms with van der Waals surface area (Å²) in [6.07, 6.45) is 0. The van der Waals surface area contributed by atoms with Crippen LogP contribution in [0, 0.1) is 34.6 Å². The van der Waals surface area contributed by atoms with E-state index in [2.05, 4.69) is 44.4 Å². The average molecular weight is 413 g/mol. The summed E-state index contributed by atoms with van der Waals surface area (Å²) < 4.78 is 16.5. The number of ether oxygens (including phenoxy) is 3. The van der Waals surface area contributed by atoms with Crippen molar-refractivity contribution in [3.05, 3.63) is 51.1 Å². The Labute approximate surface area is 181 Å². The first-order valence-corrected chi connectivity index (χ1v) is 10.6. The molecule has 1 heterocycles. The number of nitrogens with zero attached hydrogens (tertiary/aromatic N) is 2. The molecule has 0 aromatic heterocycles. The van der Waals surface area contributed by atoms with E-state index in [9.17, 15) is 0 Å². The molecule has 0 spiro atoms. The van der Waals surface area contributed by atoms with Crippen molar-refractivity contribution >= 4 is 0 Å². The zero-order valence-corrected chi connectivity index (χ0v) is 19.8. The van der Waals surface area contributed by atoms with Gasteiger partial charge in [-0.1, -0.05) is 0 Å². The topological polar surface area (TPSA) is 34.2 Å². The van der Waals surface area contributed by atoms with Gasteiger partial charge in [0, 0.05) is 26.2 Å². The minimum atomic E-state index is 0.642. The van der Waals surface area contributed by atoms with E-state index in [0.717, 1.165) is 32.8 Å². The highest BCUT2D eigenvalue weighted by atomic mass is 16.5. The van der Waals surface area contributed by atoms with Crippen molar-refractivity contribution in [2.45, 2.75) is 47.7 Å². The fraction of sp³-hybridized carbons (Fsp3) is 0.520. The van der Waals surface area contributed by atoms with Gasteiger partial charge in [-0.15, -0.1) is 0 Å². The monoisotopic (exact) mass is 412 g/mol. The van der Waals surface area contributed by atoms with Crippen molar-refractivity contribution in [2.24, 2.45) is 0 Å². The summed E-state index contributed by atoms with van der Waals surface area (Å²) in [5.74, 6) is 2.06. The first-order valence-electron chi connectivity index (χ1n) is 10.6. The third-order valence-electron chi connectivity index (χ3n) is 6.80. The van der Waals surface area contributed by atoms with Gasteiger partial charge in [0.05, 0.1) is 28.0 Å². The van der Waals surface area contributed by atoms with E-state index in [-0.39, 0.29) is 0 Å². The summed E-state index contributed by atoms with van der Waals surface area (Å²) in [6, 6.07) is 4.09. The Morgan fingerprint density at radius 1 is 0.667 bits per heavy atom. The summed E-state index contributed by atoms with van der Waals surface area (Å²) in [4.78, 5) is 5.01. The van der Waals surface area contributed by atoms with Crippen LogP contribution in [0.5, 0.6) is 17.2 Å². The lowest BCUT2D eigenvalue weighted by Gasteiger charge is -2.24. The summed E-state index contributed by atoms with van der Waals surface area (Å²) >= 11 is 0. The van der Waals surface area contributed by atoms with Crippen molar-refractivity contribution in [3.63, 3.8) is 0 Å². The quantitative estimate of drug-likeness (QED) is 0.667. The molecule has 1 aliphatic rings. The lowest BCUT2D eigenvalue weighted by atomic mass is 9.89. The molecule has 5 nitrogen and oxygen atoms in total. The molecule has 2 aromatic rings. The molecule has 1 aliphatic heterocycles. The van der Waals surface area contributed by atoms with Gasteiger partial charge in [-0.2, -0.15) is 0 Å². The van der Waals surface area contributed by atoms with Gasteiger partial charge >= 0.3 is 0 Å². The molecular weight excluding hydrogens is 376 g/mol. The maximum atomic E-state index is 5.51. The van der Waals surface area contributed by atoms with E-state index >= 15 is 0 Å². The Balaban J connectivity index is 1.73. The minimum Gasteiger partial charge on any atom is -0.493 e. The maximum Gasteiger partial charge on any atom is 0.203 e. The Bertz CT molecular complexity index is 869. The largest absolute Gasteiger partial charge is 0.493 e. The molecule has 30 heavy (non-hydrogen) atoms. The van der Waals surface area contributed by atoms with Gasteiger partial charge in [-0.05, 0) is 85.7 Å². The van der Waals surface area contributed by atoms with Crippen LogP contribution in [-0.2, 0) is 13.1 Å². The van der Waals surface area contributed by atoms with Crippen molar-refractivity contribution < 1.29 is 14.2 Å². The van der Waals surface area contributed by atoms with Gasteiger partial charge < -0.3 is 14.2 Å². The second-order valence-corrected chi connectivity index (χ2v) is 8.38. The lowest BCUT2D eigenvalue weighted by molar-refractivity contribution is 0.234. The predicted octanol–water partition coefficient (Wildman–Crippen LogP) is 4.53. The molecular formula is C25H36N2O3. The Morgan fingerprint density at radius 3 is 1.60 bits per heavy atom. The molecule has 0 saturated carbocycles. The van der Waals surface area contributed by atoms with Crippen LogP contribution in [0.2, 0.25) is 0 Å². The second-order valence-electron chi connectivity index (χ2n) is 8.38. The van der Waals surface area contributed by atoms with Crippen LogP contribution in [0.3, 0.4) is 0 Å². The predicted molar refractivity (Wildman–Crippen MR) is 122 cm³/mol. The van der Waals surface area contributed by atoms with E-state index in [1.54, 1.807) is 21.3 Å². The number of rotatable bonds is 7. The standard InChI is InChI=1S/C25H36N2O3/c1-16-17(2)19(4)22(20(5)18(16)3)14-27-10-9-26(15-27)13-21-11-23(28-6)25(30-8)24(12-21)29-7/h11-12H,9-10,13-15H2,1-8H3. The van der Waals surface area contributed by atoms with Gasteiger partial charge in [0.25, 0.3) is 0 Å². The van der Waals surface area contributed by atoms with Crippen LogP contribution >= 0.6 is 0 Å². The fourth-order valence-electron chi connectivity index (χ4n) is 4.49. The van der Waals surface area contributed by atoms with Gasteiger partial charge in [-0.3, -0.25) is 9.80 Å². The molecule has 1 fully saturated rings. The molecule has 0 atom stereocenters. The first-order chi connectivity index (χ1) is 14.3. The number of methoxy groups -OCH3 is 3. The van der Waals surface area contributed by atoms with E-state index < -0.39 is 0 Å². The van der Waals surface area contributed by atoms with Crippen LogP contribution in [0.25, 0.3) is 0 Å². The smallest absolute Gasteiger partial charge is 0.203 e. The third-order valence-corrected chi connectivity index (χ3v) is 6.80. The Hall–Kier alpha value is -2.24.